The van der Waals surface area contributed by atoms with Crippen LogP contribution in [0.3, 0.4) is 0 Å². The summed E-state index contributed by atoms with van der Waals surface area (Å²) in [6, 6.07) is 9.02. The maximum absolute atomic E-state index is 13.9. The number of nitrogens with one attached hydrogen (secondary N) is 1. The zero-order valence-electron chi connectivity index (χ0n) is 16.4. The summed E-state index contributed by atoms with van der Waals surface area (Å²) in [5.41, 5.74) is 5.97. The molecule has 3 aromatic rings. The summed E-state index contributed by atoms with van der Waals surface area (Å²) in [4.78, 5) is 28.2. The van der Waals surface area contributed by atoms with Gasteiger partial charge in [0.1, 0.15) is 5.82 Å². The van der Waals surface area contributed by atoms with Crippen LogP contribution in [0, 0.1) is 5.82 Å². The SMILES string of the molecule is COc1cc(NC(=O)CCc2ncc(-c3ccccc3F)o2)c(C(N)=O)cc1OC. The van der Waals surface area contributed by atoms with Gasteiger partial charge >= 0.3 is 0 Å². The second-order valence-electron chi connectivity index (χ2n) is 6.26. The number of oxazole rings is 1. The quantitative estimate of drug-likeness (QED) is 0.586. The van der Waals surface area contributed by atoms with E-state index in [9.17, 15) is 14.0 Å². The first-order valence-corrected chi connectivity index (χ1v) is 8.98. The minimum absolute atomic E-state index is 0.0176. The van der Waals surface area contributed by atoms with Crippen LogP contribution in [0.5, 0.6) is 11.5 Å². The van der Waals surface area contributed by atoms with Gasteiger partial charge in [-0.25, -0.2) is 9.37 Å². The van der Waals surface area contributed by atoms with Gasteiger partial charge in [0.05, 0.1) is 37.2 Å². The predicted octanol–water partition coefficient (Wildman–Crippen LogP) is 3.17. The normalized spacial score (nSPS) is 10.5. The number of hydrogen-bond donors (Lipinski definition) is 2. The van der Waals surface area contributed by atoms with Gasteiger partial charge in [0, 0.05) is 18.9 Å². The molecule has 0 bridgehead atoms. The minimum atomic E-state index is -0.728. The third kappa shape index (κ3) is 4.57. The van der Waals surface area contributed by atoms with Crippen LogP contribution < -0.4 is 20.5 Å². The average Bonchev–Trinajstić information content (AvgIpc) is 3.20. The summed E-state index contributed by atoms with van der Waals surface area (Å²) in [7, 11) is 2.86. The maximum Gasteiger partial charge on any atom is 0.250 e. The molecule has 2 amide bonds. The largest absolute Gasteiger partial charge is 0.493 e. The minimum Gasteiger partial charge on any atom is -0.493 e. The fourth-order valence-corrected chi connectivity index (χ4v) is 2.83. The Bertz CT molecular complexity index is 1080. The van der Waals surface area contributed by atoms with Crippen molar-refractivity contribution in [3.63, 3.8) is 0 Å². The molecule has 30 heavy (non-hydrogen) atoms. The number of aryl methyl sites for hydroxylation is 1. The van der Waals surface area contributed by atoms with E-state index in [2.05, 4.69) is 10.3 Å². The second kappa shape index (κ2) is 9.08. The van der Waals surface area contributed by atoms with Crippen LogP contribution >= 0.6 is 0 Å². The third-order valence-corrected chi connectivity index (χ3v) is 4.32. The number of ether oxygens (including phenoxy) is 2. The van der Waals surface area contributed by atoms with Crippen molar-refractivity contribution in [1.82, 2.24) is 4.98 Å². The third-order valence-electron chi connectivity index (χ3n) is 4.32. The molecule has 0 saturated carbocycles. The molecule has 0 spiro atoms. The molecule has 9 heteroatoms. The van der Waals surface area contributed by atoms with Crippen LogP contribution in [0.1, 0.15) is 22.7 Å². The number of primary amides is 1. The Hall–Kier alpha value is -3.88. The number of carbonyl (C=O) groups excluding carboxylic acids is 2. The van der Waals surface area contributed by atoms with Crippen molar-refractivity contribution in [2.24, 2.45) is 5.73 Å². The Morgan fingerprint density at radius 3 is 2.53 bits per heavy atom. The van der Waals surface area contributed by atoms with Gasteiger partial charge in [-0.2, -0.15) is 0 Å². The highest BCUT2D eigenvalue weighted by Gasteiger charge is 2.17. The van der Waals surface area contributed by atoms with E-state index >= 15 is 0 Å². The summed E-state index contributed by atoms with van der Waals surface area (Å²) in [6.07, 6.45) is 1.61. The van der Waals surface area contributed by atoms with Gasteiger partial charge in [-0.15, -0.1) is 0 Å². The first-order valence-electron chi connectivity index (χ1n) is 8.98. The summed E-state index contributed by atoms with van der Waals surface area (Å²) < 4.78 is 29.7. The number of halogens is 1. The van der Waals surface area contributed by atoms with Crippen LogP contribution in [0.25, 0.3) is 11.3 Å². The maximum atomic E-state index is 13.9. The van der Waals surface area contributed by atoms with Crippen molar-refractivity contribution in [3.8, 4) is 22.8 Å². The van der Waals surface area contributed by atoms with Crippen molar-refractivity contribution in [2.75, 3.05) is 19.5 Å². The molecule has 0 atom stereocenters. The first kappa shape index (κ1) is 20.8. The Kier molecular flexibility index (Phi) is 6.31. The van der Waals surface area contributed by atoms with Gasteiger partial charge in [-0.05, 0) is 18.2 Å². The molecule has 3 rings (SSSR count). The average molecular weight is 413 g/mol. The summed E-state index contributed by atoms with van der Waals surface area (Å²) in [6.45, 7) is 0. The molecule has 3 N–H and O–H groups in total. The van der Waals surface area contributed by atoms with Crippen LogP contribution in [-0.4, -0.2) is 31.0 Å². The lowest BCUT2D eigenvalue weighted by Gasteiger charge is -2.14. The van der Waals surface area contributed by atoms with Crippen LogP contribution in [0.2, 0.25) is 0 Å². The zero-order valence-corrected chi connectivity index (χ0v) is 16.4. The van der Waals surface area contributed by atoms with E-state index in [0.29, 0.717) is 11.5 Å². The van der Waals surface area contributed by atoms with Gasteiger partial charge in [0.15, 0.2) is 23.1 Å². The van der Waals surface area contributed by atoms with E-state index in [0.717, 1.165) is 0 Å². The van der Waals surface area contributed by atoms with Crippen molar-refractivity contribution < 1.29 is 27.9 Å². The number of nitrogens with two attached hydrogens (primary N) is 1. The molecule has 0 fully saturated rings. The molecular weight excluding hydrogens is 393 g/mol. The molecular formula is C21H20FN3O5. The van der Waals surface area contributed by atoms with Gasteiger partial charge < -0.3 is 24.9 Å². The zero-order chi connectivity index (χ0) is 21.7. The Morgan fingerprint density at radius 1 is 1.17 bits per heavy atom. The number of nitrogens with zero attached hydrogens (tertiary/aromatic N) is 1. The highest BCUT2D eigenvalue weighted by molar-refractivity contribution is 6.03. The molecule has 156 valence electrons. The number of rotatable bonds is 8. The van der Waals surface area contributed by atoms with E-state index < -0.39 is 17.6 Å². The fourth-order valence-electron chi connectivity index (χ4n) is 2.83. The van der Waals surface area contributed by atoms with Crippen molar-refractivity contribution in [2.45, 2.75) is 12.8 Å². The van der Waals surface area contributed by atoms with E-state index in [1.807, 2.05) is 0 Å². The molecule has 1 aromatic heterocycles. The Morgan fingerprint density at radius 2 is 1.87 bits per heavy atom. The van der Waals surface area contributed by atoms with E-state index in [1.54, 1.807) is 18.2 Å². The first-order chi connectivity index (χ1) is 14.4. The molecule has 0 aliphatic heterocycles. The number of benzene rings is 2. The van der Waals surface area contributed by atoms with Crippen molar-refractivity contribution in [1.29, 1.82) is 0 Å². The van der Waals surface area contributed by atoms with Crippen LogP contribution in [0.15, 0.2) is 47.0 Å². The number of amides is 2. The lowest BCUT2D eigenvalue weighted by molar-refractivity contribution is -0.116. The Labute approximate surface area is 171 Å². The lowest BCUT2D eigenvalue weighted by Crippen LogP contribution is -2.19. The lowest BCUT2D eigenvalue weighted by atomic mass is 10.1. The molecule has 2 aromatic carbocycles. The van der Waals surface area contributed by atoms with Gasteiger partial charge in [-0.3, -0.25) is 9.59 Å². The smallest absolute Gasteiger partial charge is 0.250 e. The number of hydrogen-bond acceptors (Lipinski definition) is 6. The standard InChI is InChI=1S/C21H20FN3O5/c1-28-16-9-13(21(23)27)15(10-17(16)29-2)25-19(26)7-8-20-24-11-18(30-20)12-5-3-4-6-14(12)22/h3-6,9-11H,7-8H2,1-2H3,(H2,23,27)(H,25,26). The van der Waals surface area contributed by atoms with Crippen LogP contribution in [-0.2, 0) is 11.2 Å². The van der Waals surface area contributed by atoms with E-state index in [4.69, 9.17) is 19.6 Å². The number of anilines is 1. The Balaban J connectivity index is 1.70. The molecule has 8 nitrogen and oxygen atoms in total. The monoisotopic (exact) mass is 413 g/mol. The molecule has 0 aliphatic rings. The predicted molar refractivity (Wildman–Crippen MR) is 107 cm³/mol. The molecule has 0 radical (unpaired) electrons. The van der Waals surface area contributed by atoms with Gasteiger partial charge in [0.2, 0.25) is 5.91 Å². The van der Waals surface area contributed by atoms with Gasteiger partial charge in [-0.1, -0.05) is 12.1 Å². The highest BCUT2D eigenvalue weighted by Crippen LogP contribution is 2.33. The number of aromatic nitrogens is 1. The second-order valence-corrected chi connectivity index (χ2v) is 6.26. The molecule has 1 heterocycles. The van der Waals surface area contributed by atoms with Gasteiger partial charge in [0.25, 0.3) is 5.91 Å². The number of methoxy groups -OCH3 is 2. The van der Waals surface area contributed by atoms with E-state index in [1.165, 1.54) is 38.6 Å². The molecule has 0 aliphatic carbocycles. The fraction of sp³-hybridized carbons (Fsp3) is 0.190. The number of carbonyl (C=O) groups is 2. The highest BCUT2D eigenvalue weighted by atomic mass is 19.1. The summed E-state index contributed by atoms with van der Waals surface area (Å²) in [5, 5.41) is 2.63. The van der Waals surface area contributed by atoms with Crippen molar-refractivity contribution in [3.05, 3.63) is 59.9 Å². The van der Waals surface area contributed by atoms with Crippen molar-refractivity contribution >= 4 is 17.5 Å². The van der Waals surface area contributed by atoms with Crippen LogP contribution in [0.4, 0.5) is 10.1 Å². The molecule has 0 saturated heterocycles. The molecule has 0 unspecified atom stereocenters. The summed E-state index contributed by atoms with van der Waals surface area (Å²) in [5.74, 6) is -0.343. The van der Waals surface area contributed by atoms with E-state index in [-0.39, 0.29) is 41.3 Å². The summed E-state index contributed by atoms with van der Waals surface area (Å²) >= 11 is 0. The topological polar surface area (TPSA) is 117 Å².